The molecule has 0 spiro atoms. The highest BCUT2D eigenvalue weighted by atomic mass is 35.5. The topological polar surface area (TPSA) is 93.1 Å². The molecule has 2 fully saturated rings. The Morgan fingerprint density at radius 2 is 2.07 bits per heavy atom. The third-order valence-electron chi connectivity index (χ3n) is 8.64. The van der Waals surface area contributed by atoms with E-state index in [1.165, 1.54) is 7.11 Å². The highest BCUT2D eigenvalue weighted by molar-refractivity contribution is 6.32. The summed E-state index contributed by atoms with van der Waals surface area (Å²) in [6.07, 6.45) is 5.64. The molecular formula is C23H31ClO6. The number of ketones is 2. The van der Waals surface area contributed by atoms with Crippen molar-refractivity contribution in [2.75, 3.05) is 20.5 Å². The molecule has 4 aliphatic carbocycles. The number of hydrogen-bond acceptors (Lipinski definition) is 6. The molecule has 2 saturated carbocycles. The van der Waals surface area contributed by atoms with Gasteiger partial charge in [-0.05, 0) is 49.2 Å². The van der Waals surface area contributed by atoms with Crippen LogP contribution in [0.15, 0.2) is 22.8 Å². The number of ether oxygens (including phenoxy) is 2. The lowest BCUT2D eigenvalue weighted by Crippen LogP contribution is -2.62. The molecule has 0 amide bonds. The predicted octanol–water partition coefficient (Wildman–Crippen LogP) is 2.75. The molecule has 2 N–H and O–H groups in total. The number of aliphatic hydroxyl groups is 2. The van der Waals surface area contributed by atoms with Crippen molar-refractivity contribution in [2.45, 2.75) is 57.7 Å². The van der Waals surface area contributed by atoms with Crippen molar-refractivity contribution < 1.29 is 29.3 Å². The first-order valence-electron chi connectivity index (χ1n) is 10.7. The van der Waals surface area contributed by atoms with Crippen molar-refractivity contribution in [3.8, 4) is 0 Å². The smallest absolute Gasteiger partial charge is 0.190 e. The van der Waals surface area contributed by atoms with Gasteiger partial charge in [-0.1, -0.05) is 31.5 Å². The van der Waals surface area contributed by atoms with E-state index in [1.54, 1.807) is 6.08 Å². The summed E-state index contributed by atoms with van der Waals surface area (Å²) in [5.41, 5.74) is -1.42. The van der Waals surface area contributed by atoms with E-state index in [4.69, 9.17) is 21.1 Å². The molecule has 0 aromatic rings. The van der Waals surface area contributed by atoms with Crippen LogP contribution >= 0.6 is 11.6 Å². The highest BCUT2D eigenvalue weighted by Crippen LogP contribution is 2.68. The molecule has 0 aromatic carbocycles. The van der Waals surface area contributed by atoms with Gasteiger partial charge in [-0.2, -0.15) is 0 Å². The summed E-state index contributed by atoms with van der Waals surface area (Å²) < 4.78 is 11.1. The zero-order valence-corrected chi connectivity index (χ0v) is 18.6. The lowest BCUT2D eigenvalue weighted by Gasteiger charge is -2.59. The van der Waals surface area contributed by atoms with Crippen LogP contribution in [0, 0.1) is 28.6 Å². The normalized spacial score (nSPS) is 45.2. The van der Waals surface area contributed by atoms with E-state index in [9.17, 15) is 19.8 Å². The van der Waals surface area contributed by atoms with Crippen LogP contribution < -0.4 is 0 Å². The molecule has 7 heteroatoms. The summed E-state index contributed by atoms with van der Waals surface area (Å²) in [4.78, 5) is 25.0. The average Bonchev–Trinajstić information content (AvgIpc) is 2.99. The van der Waals surface area contributed by atoms with E-state index in [1.807, 2.05) is 13.0 Å². The summed E-state index contributed by atoms with van der Waals surface area (Å²) in [5.74, 6) is -0.357. The van der Waals surface area contributed by atoms with Crippen LogP contribution in [0.4, 0.5) is 0 Å². The molecule has 0 aromatic heterocycles. The van der Waals surface area contributed by atoms with Gasteiger partial charge in [-0.3, -0.25) is 9.59 Å². The highest BCUT2D eigenvalue weighted by Gasteiger charge is 2.69. The average molecular weight is 439 g/mol. The van der Waals surface area contributed by atoms with Gasteiger partial charge in [0.1, 0.15) is 19.0 Å². The Kier molecular flexibility index (Phi) is 5.55. The fraction of sp³-hybridized carbons (Fsp3) is 0.739. The summed E-state index contributed by atoms with van der Waals surface area (Å²) in [7, 11) is 1.50. The second-order valence-corrected chi connectivity index (χ2v) is 10.3. The Labute approximate surface area is 182 Å². The Morgan fingerprint density at radius 3 is 2.73 bits per heavy atom. The molecule has 0 bridgehead atoms. The van der Waals surface area contributed by atoms with Crippen LogP contribution in [0.3, 0.4) is 0 Å². The van der Waals surface area contributed by atoms with Crippen molar-refractivity contribution in [3.63, 3.8) is 0 Å². The predicted molar refractivity (Wildman–Crippen MR) is 111 cm³/mol. The van der Waals surface area contributed by atoms with Crippen molar-refractivity contribution in [1.82, 2.24) is 0 Å². The third-order valence-corrected chi connectivity index (χ3v) is 8.97. The van der Waals surface area contributed by atoms with Crippen LogP contribution in [0.1, 0.15) is 46.0 Å². The number of hydrogen-bond donors (Lipinski definition) is 2. The molecule has 30 heavy (non-hydrogen) atoms. The number of allylic oxidation sites excluding steroid dienone is 4. The minimum atomic E-state index is -1.20. The van der Waals surface area contributed by atoms with Crippen molar-refractivity contribution >= 4 is 23.2 Å². The van der Waals surface area contributed by atoms with E-state index in [0.29, 0.717) is 30.7 Å². The van der Waals surface area contributed by atoms with E-state index in [0.717, 1.165) is 12.0 Å². The van der Waals surface area contributed by atoms with Gasteiger partial charge in [-0.15, -0.1) is 0 Å². The van der Waals surface area contributed by atoms with Crippen molar-refractivity contribution in [2.24, 2.45) is 28.6 Å². The van der Waals surface area contributed by atoms with Gasteiger partial charge in [0.15, 0.2) is 11.6 Å². The fourth-order valence-corrected chi connectivity index (χ4v) is 7.67. The zero-order valence-electron chi connectivity index (χ0n) is 17.8. The maximum Gasteiger partial charge on any atom is 0.190 e. The Hall–Kier alpha value is -1.05. The summed E-state index contributed by atoms with van der Waals surface area (Å²) in [6, 6.07) is 0. The Morgan fingerprint density at radius 1 is 1.33 bits per heavy atom. The molecule has 0 saturated heterocycles. The monoisotopic (exact) mass is 438 g/mol. The molecule has 6 nitrogen and oxygen atoms in total. The van der Waals surface area contributed by atoms with Gasteiger partial charge in [0.2, 0.25) is 0 Å². The molecule has 7 atom stereocenters. The largest absolute Gasteiger partial charge is 0.393 e. The molecule has 4 aliphatic rings. The van der Waals surface area contributed by atoms with Crippen LogP contribution in [0.5, 0.6) is 0 Å². The quantitative estimate of drug-likeness (QED) is 0.641. The number of halogens is 1. The second-order valence-electron chi connectivity index (χ2n) is 9.85. The lowest BCUT2D eigenvalue weighted by molar-refractivity contribution is -0.211. The standard InChI is InChI=1S/C23H31ClO6/c1-21-6-4-13(26)8-16(21)17(24)9-14-15-5-7-23(19(28)11-25,30-12-29-3)22(15,2)10-18(27)20(14)21/h8-9,14-15,18,20,25,27H,4-7,10-12H2,1-3H3/t14-,15-,18-,20+,21-,22-,23-/m0/s1. The number of methoxy groups -OCH3 is 1. The van der Waals surface area contributed by atoms with Gasteiger partial charge in [0.25, 0.3) is 0 Å². The zero-order chi connectivity index (χ0) is 21.9. The third kappa shape index (κ3) is 2.84. The minimum Gasteiger partial charge on any atom is -0.393 e. The summed E-state index contributed by atoms with van der Waals surface area (Å²) in [6.45, 7) is 3.43. The second kappa shape index (κ2) is 7.52. The molecule has 4 rings (SSSR count). The molecule has 0 heterocycles. The van der Waals surface area contributed by atoms with E-state index in [-0.39, 0.29) is 41.5 Å². The molecule has 0 radical (unpaired) electrons. The number of aliphatic hydroxyl groups excluding tert-OH is 2. The first kappa shape index (κ1) is 22.2. The van der Waals surface area contributed by atoms with Gasteiger partial charge in [0.05, 0.1) is 6.10 Å². The molecular weight excluding hydrogens is 408 g/mol. The van der Waals surface area contributed by atoms with Crippen molar-refractivity contribution in [1.29, 1.82) is 0 Å². The van der Waals surface area contributed by atoms with Gasteiger partial charge >= 0.3 is 0 Å². The summed E-state index contributed by atoms with van der Waals surface area (Å²) >= 11 is 6.69. The fourth-order valence-electron chi connectivity index (χ4n) is 7.26. The maximum atomic E-state index is 13.0. The number of fused-ring (bicyclic) bond motifs is 5. The maximum absolute atomic E-state index is 13.0. The molecule has 0 aliphatic heterocycles. The van der Waals surface area contributed by atoms with E-state index in [2.05, 4.69) is 6.92 Å². The number of carbonyl (C=O) groups excluding carboxylic acids is 2. The first-order valence-corrected chi connectivity index (χ1v) is 11.1. The van der Waals surface area contributed by atoms with Crippen LogP contribution in [-0.4, -0.2) is 54.0 Å². The Balaban J connectivity index is 1.81. The lowest BCUT2D eigenvalue weighted by atomic mass is 9.47. The van der Waals surface area contributed by atoms with Crippen LogP contribution in [0.25, 0.3) is 0 Å². The van der Waals surface area contributed by atoms with Crippen LogP contribution in [0.2, 0.25) is 0 Å². The molecule has 166 valence electrons. The number of Topliss-reactive ketones (excluding diaryl/α,β-unsaturated/α-hetero) is 1. The van der Waals surface area contributed by atoms with Gasteiger partial charge < -0.3 is 19.7 Å². The number of rotatable bonds is 5. The van der Waals surface area contributed by atoms with Gasteiger partial charge in [0, 0.05) is 35.3 Å². The summed E-state index contributed by atoms with van der Waals surface area (Å²) in [5, 5.41) is 21.7. The van der Waals surface area contributed by atoms with Crippen LogP contribution in [-0.2, 0) is 19.1 Å². The Bertz CT molecular complexity index is 821. The first-order chi connectivity index (χ1) is 14.1. The van der Waals surface area contributed by atoms with E-state index >= 15 is 0 Å². The molecule has 0 unspecified atom stereocenters. The van der Waals surface area contributed by atoms with Crippen molar-refractivity contribution in [3.05, 3.63) is 22.8 Å². The SMILES string of the molecule is COCO[C@]1(C(=O)CO)CC[C@H]2[C@@H]3C=C(Cl)C4=CC(=O)CC[C@]4(C)[C@H]3[C@@H](O)C[C@@]21C. The van der Waals surface area contributed by atoms with Gasteiger partial charge in [-0.25, -0.2) is 0 Å². The minimum absolute atomic E-state index is 0.0406. The number of carbonyl (C=O) groups is 2. The van der Waals surface area contributed by atoms with E-state index < -0.39 is 23.7 Å².